The maximum atomic E-state index is 12.5. The fraction of sp³-hybridized carbons (Fsp3) is 0.914. The summed E-state index contributed by atoms with van der Waals surface area (Å²) in [6.45, 7) is 8.67. The number of hydrogen-bond donors (Lipinski definition) is 4. The highest BCUT2D eigenvalue weighted by Gasteiger charge is 2.67. The molecule has 0 amide bonds. The molecule has 0 spiro atoms. The van der Waals surface area contributed by atoms with Gasteiger partial charge in [0.15, 0.2) is 12.6 Å². The summed E-state index contributed by atoms with van der Waals surface area (Å²) in [5.41, 5.74) is 0.288. The minimum atomic E-state index is -0.957. The van der Waals surface area contributed by atoms with Crippen LogP contribution in [0.25, 0.3) is 0 Å². The Morgan fingerprint density at radius 2 is 1.56 bits per heavy atom. The summed E-state index contributed by atoms with van der Waals surface area (Å²) in [6, 6.07) is 0. The van der Waals surface area contributed by atoms with Gasteiger partial charge in [0.1, 0.15) is 18.8 Å². The van der Waals surface area contributed by atoms with Crippen molar-refractivity contribution in [3.05, 3.63) is 11.6 Å². The van der Waals surface area contributed by atoms with Crippen LogP contribution in [0.2, 0.25) is 0 Å². The normalized spacial score (nSPS) is 54.9. The average Bonchev–Trinajstić information content (AvgIpc) is 3.53. The van der Waals surface area contributed by atoms with E-state index in [-0.39, 0.29) is 41.2 Å². The topological polar surface area (TPSA) is 144 Å². The molecule has 3 aliphatic heterocycles. The SMILES string of the molecule is C[C@H]1O[C@@H](O[C@H]2[C@@H](O)C[C@H](O[C@H]3CC[C@@]4(C)[C@H](CC[C@@H]5[C@@H]4CC[C@]4(C)[C@@H](C6=CC(=O)OC6)CC[C@]54O)C3)O[C@@H]2C)C[C@H](O)[C@@H]1O. The zero-order valence-corrected chi connectivity index (χ0v) is 27.3. The van der Waals surface area contributed by atoms with Gasteiger partial charge >= 0.3 is 5.97 Å². The largest absolute Gasteiger partial charge is 0.458 e. The standard InChI is InChI=1S/C35H54O10/c1-18-31(39)26(36)15-30(42-18)45-32-19(2)43-29(16-27(32)37)44-22-7-10-33(3)21(14-22)5-6-25-24(33)8-11-34(4)23(9-12-35(25,34)40)20-13-28(38)41-17-20/h13,18-19,21-27,29-32,36-37,39-40H,5-12,14-17H2,1-4H3/t18-,19-,21-,22+,23-,24+,25-,26+,27+,29+,30+,31-,32-,33+,34-,35+/m1/s1. The fourth-order valence-corrected chi connectivity index (χ4v) is 11.3. The van der Waals surface area contributed by atoms with Gasteiger partial charge in [-0.1, -0.05) is 13.8 Å². The molecular weight excluding hydrogens is 580 g/mol. The summed E-state index contributed by atoms with van der Waals surface area (Å²) in [5.74, 6) is 1.22. The predicted octanol–water partition coefficient (Wildman–Crippen LogP) is 3.37. The van der Waals surface area contributed by atoms with Gasteiger partial charge in [0.05, 0.1) is 36.1 Å². The van der Waals surface area contributed by atoms with Crippen molar-refractivity contribution in [3.63, 3.8) is 0 Å². The molecule has 4 N–H and O–H groups in total. The van der Waals surface area contributed by atoms with Crippen LogP contribution in [0, 0.1) is 34.5 Å². The summed E-state index contributed by atoms with van der Waals surface area (Å²) >= 11 is 0. The first-order valence-corrected chi connectivity index (χ1v) is 17.6. The molecule has 0 bridgehead atoms. The lowest BCUT2D eigenvalue weighted by atomic mass is 9.43. The highest BCUT2D eigenvalue weighted by molar-refractivity contribution is 5.85. The smallest absolute Gasteiger partial charge is 0.331 e. The number of esters is 1. The van der Waals surface area contributed by atoms with Crippen LogP contribution in [0.3, 0.4) is 0 Å². The highest BCUT2D eigenvalue weighted by atomic mass is 16.7. The van der Waals surface area contributed by atoms with Crippen LogP contribution < -0.4 is 0 Å². The third kappa shape index (κ3) is 5.34. The number of rotatable bonds is 5. The van der Waals surface area contributed by atoms with Crippen molar-refractivity contribution in [3.8, 4) is 0 Å². The zero-order valence-electron chi connectivity index (χ0n) is 27.3. The average molecular weight is 635 g/mol. The van der Waals surface area contributed by atoms with Gasteiger partial charge in [0.2, 0.25) is 0 Å². The molecule has 4 saturated carbocycles. The molecule has 254 valence electrons. The van der Waals surface area contributed by atoms with Crippen molar-refractivity contribution >= 4 is 5.97 Å². The molecule has 0 unspecified atom stereocenters. The van der Waals surface area contributed by atoms with E-state index in [1.807, 2.05) is 6.92 Å². The number of fused-ring (bicyclic) bond motifs is 5. The molecule has 6 fully saturated rings. The second-order valence-electron chi connectivity index (χ2n) is 16.1. The molecule has 7 aliphatic rings. The Morgan fingerprint density at radius 3 is 2.27 bits per heavy atom. The molecule has 4 aliphatic carbocycles. The molecular formula is C35H54O10. The molecule has 0 aromatic heterocycles. The van der Waals surface area contributed by atoms with Crippen LogP contribution in [-0.2, 0) is 28.5 Å². The summed E-state index contributed by atoms with van der Waals surface area (Å²) in [4.78, 5) is 11.9. The van der Waals surface area contributed by atoms with Gasteiger partial charge in [-0.3, -0.25) is 0 Å². The zero-order chi connectivity index (χ0) is 31.9. The Hall–Kier alpha value is -1.11. The third-order valence-corrected chi connectivity index (χ3v) is 13.9. The molecule has 10 heteroatoms. The van der Waals surface area contributed by atoms with Crippen LogP contribution in [0.4, 0.5) is 0 Å². The lowest BCUT2D eigenvalue weighted by Crippen LogP contribution is -2.62. The number of aliphatic hydroxyl groups is 4. The Balaban J connectivity index is 0.958. The molecule has 7 rings (SSSR count). The van der Waals surface area contributed by atoms with Gasteiger partial charge in [-0.25, -0.2) is 4.79 Å². The quantitative estimate of drug-likeness (QED) is 0.263. The van der Waals surface area contributed by atoms with Gasteiger partial charge in [-0.15, -0.1) is 0 Å². The summed E-state index contributed by atoms with van der Waals surface area (Å²) in [6.07, 6.45) is 5.45. The minimum Gasteiger partial charge on any atom is -0.458 e. The number of ether oxygens (including phenoxy) is 5. The van der Waals surface area contributed by atoms with E-state index in [4.69, 9.17) is 23.7 Å². The summed E-state index contributed by atoms with van der Waals surface area (Å²) < 4.78 is 29.8. The highest BCUT2D eigenvalue weighted by Crippen LogP contribution is 2.70. The Morgan fingerprint density at radius 1 is 0.822 bits per heavy atom. The van der Waals surface area contributed by atoms with E-state index in [1.165, 1.54) is 0 Å². The molecule has 16 atom stereocenters. The van der Waals surface area contributed by atoms with Gasteiger partial charge in [0.25, 0.3) is 0 Å². The minimum absolute atomic E-state index is 0.0558. The van der Waals surface area contributed by atoms with Gasteiger partial charge in [-0.2, -0.15) is 0 Å². The van der Waals surface area contributed by atoms with Crippen molar-refractivity contribution in [2.75, 3.05) is 6.61 Å². The summed E-state index contributed by atoms with van der Waals surface area (Å²) in [5, 5.41) is 43.6. The Kier molecular flexibility index (Phi) is 8.50. The van der Waals surface area contributed by atoms with Crippen LogP contribution >= 0.6 is 0 Å². The van der Waals surface area contributed by atoms with Crippen LogP contribution in [0.1, 0.15) is 98.3 Å². The lowest BCUT2D eigenvalue weighted by molar-refractivity contribution is -0.318. The van der Waals surface area contributed by atoms with E-state index in [9.17, 15) is 25.2 Å². The first kappa shape index (κ1) is 32.4. The number of aliphatic hydroxyl groups excluding tert-OH is 3. The molecule has 0 aromatic carbocycles. The van der Waals surface area contributed by atoms with Gasteiger partial charge in [0, 0.05) is 24.3 Å². The van der Waals surface area contributed by atoms with E-state index in [0.717, 1.165) is 63.4 Å². The van der Waals surface area contributed by atoms with Crippen molar-refractivity contribution < 1.29 is 48.9 Å². The molecule has 45 heavy (non-hydrogen) atoms. The molecule has 0 radical (unpaired) electrons. The lowest BCUT2D eigenvalue weighted by Gasteiger charge is -2.64. The van der Waals surface area contributed by atoms with Crippen molar-refractivity contribution in [1.82, 2.24) is 0 Å². The molecule has 2 saturated heterocycles. The molecule has 10 nitrogen and oxygen atoms in total. The van der Waals surface area contributed by atoms with Crippen LogP contribution in [0.5, 0.6) is 0 Å². The van der Waals surface area contributed by atoms with Crippen LogP contribution in [0.15, 0.2) is 11.6 Å². The van der Waals surface area contributed by atoms with Crippen molar-refractivity contribution in [2.24, 2.45) is 34.5 Å². The van der Waals surface area contributed by atoms with Crippen molar-refractivity contribution in [1.29, 1.82) is 0 Å². The first-order chi connectivity index (χ1) is 21.3. The number of hydrogen-bond acceptors (Lipinski definition) is 10. The van der Waals surface area contributed by atoms with E-state index in [2.05, 4.69) is 13.8 Å². The maximum Gasteiger partial charge on any atom is 0.331 e. The second kappa shape index (κ2) is 11.8. The van der Waals surface area contributed by atoms with Crippen molar-refractivity contribution in [2.45, 2.75) is 159 Å². The predicted molar refractivity (Wildman–Crippen MR) is 161 cm³/mol. The number of carbonyl (C=O) groups excluding carboxylic acids is 1. The Bertz CT molecular complexity index is 1140. The monoisotopic (exact) mass is 634 g/mol. The second-order valence-corrected chi connectivity index (χ2v) is 16.1. The number of cyclic esters (lactones) is 1. The molecule has 3 heterocycles. The maximum absolute atomic E-state index is 12.5. The third-order valence-electron chi connectivity index (χ3n) is 13.9. The van der Waals surface area contributed by atoms with E-state index < -0.39 is 54.8 Å². The number of carbonyl (C=O) groups is 1. The first-order valence-electron chi connectivity index (χ1n) is 17.6. The van der Waals surface area contributed by atoms with E-state index in [1.54, 1.807) is 13.0 Å². The van der Waals surface area contributed by atoms with Gasteiger partial charge in [-0.05, 0) is 106 Å². The Labute approximate surface area is 266 Å². The van der Waals surface area contributed by atoms with Gasteiger partial charge < -0.3 is 44.1 Å². The fourth-order valence-electron chi connectivity index (χ4n) is 11.3. The van der Waals surface area contributed by atoms with E-state index >= 15 is 0 Å². The summed E-state index contributed by atoms with van der Waals surface area (Å²) in [7, 11) is 0. The molecule has 0 aromatic rings. The van der Waals surface area contributed by atoms with E-state index in [0.29, 0.717) is 24.9 Å². The van der Waals surface area contributed by atoms with Crippen LogP contribution in [-0.4, -0.2) is 93.9 Å².